The molecule has 6 heteroatoms. The van der Waals surface area contributed by atoms with Gasteiger partial charge in [0, 0.05) is 6.92 Å². The van der Waals surface area contributed by atoms with Crippen LogP contribution in [0.1, 0.15) is 13.8 Å². The Hall–Kier alpha value is -0.690. The second kappa shape index (κ2) is 4.22. The summed E-state index contributed by atoms with van der Waals surface area (Å²) < 4.78 is 9.46. The van der Waals surface area contributed by atoms with Crippen LogP contribution in [0, 0.1) is 0 Å². The fourth-order valence-corrected chi connectivity index (χ4v) is 1.34. The molecule has 1 aliphatic rings. The summed E-state index contributed by atoms with van der Waals surface area (Å²) >= 11 is 0. The fourth-order valence-electron chi connectivity index (χ4n) is 1.34. The number of hydrogen-bond donors (Lipinski definition) is 3. The lowest BCUT2D eigenvalue weighted by atomic mass is 10.00. The van der Waals surface area contributed by atoms with Crippen LogP contribution in [0.15, 0.2) is 0 Å². The predicted molar refractivity (Wildman–Crippen MR) is 44.1 cm³/mol. The number of rotatable bonds is 1. The number of aliphatic hydroxyl groups is 3. The average molecular weight is 206 g/mol. The number of ether oxygens (including phenoxy) is 2. The van der Waals surface area contributed by atoms with E-state index in [1.807, 2.05) is 0 Å². The molecule has 0 aromatic carbocycles. The Morgan fingerprint density at radius 3 is 2.36 bits per heavy atom. The largest absolute Gasteiger partial charge is 0.454 e. The van der Waals surface area contributed by atoms with Gasteiger partial charge in [0.25, 0.3) is 0 Å². The van der Waals surface area contributed by atoms with Crippen molar-refractivity contribution in [2.45, 2.75) is 44.6 Å². The first-order valence-electron chi connectivity index (χ1n) is 4.30. The molecule has 0 amide bonds. The monoisotopic (exact) mass is 206 g/mol. The van der Waals surface area contributed by atoms with Crippen molar-refractivity contribution in [1.82, 2.24) is 0 Å². The van der Waals surface area contributed by atoms with Gasteiger partial charge in [0.05, 0.1) is 6.10 Å². The Kier molecular flexibility index (Phi) is 3.43. The number of carbonyl (C=O) groups is 1. The first-order valence-corrected chi connectivity index (χ1v) is 4.30. The van der Waals surface area contributed by atoms with Crippen molar-refractivity contribution in [3.63, 3.8) is 0 Å². The summed E-state index contributed by atoms with van der Waals surface area (Å²) in [6.07, 6.45) is -5.86. The highest BCUT2D eigenvalue weighted by molar-refractivity contribution is 5.66. The van der Waals surface area contributed by atoms with E-state index >= 15 is 0 Å². The Bertz CT molecular complexity index is 218. The molecule has 1 heterocycles. The van der Waals surface area contributed by atoms with Crippen LogP contribution in [0.3, 0.4) is 0 Å². The molecule has 3 N–H and O–H groups in total. The quantitative estimate of drug-likeness (QED) is 0.446. The first kappa shape index (κ1) is 11.4. The van der Waals surface area contributed by atoms with E-state index < -0.39 is 36.7 Å². The van der Waals surface area contributed by atoms with Crippen LogP contribution in [-0.4, -0.2) is 52.0 Å². The van der Waals surface area contributed by atoms with Crippen molar-refractivity contribution >= 4 is 5.97 Å². The highest BCUT2D eigenvalue weighted by Crippen LogP contribution is 2.21. The van der Waals surface area contributed by atoms with Crippen molar-refractivity contribution < 1.29 is 29.6 Å². The van der Waals surface area contributed by atoms with Crippen molar-refractivity contribution in [2.75, 3.05) is 0 Å². The lowest BCUT2D eigenvalue weighted by Gasteiger charge is -2.38. The maximum atomic E-state index is 10.6. The molecule has 0 spiro atoms. The molecule has 1 aliphatic heterocycles. The van der Waals surface area contributed by atoms with Crippen LogP contribution in [0.2, 0.25) is 0 Å². The average Bonchev–Trinajstić information content (AvgIpc) is 2.09. The van der Waals surface area contributed by atoms with Crippen LogP contribution in [0.5, 0.6) is 0 Å². The third kappa shape index (κ3) is 2.21. The number of aliphatic hydroxyl groups excluding tert-OH is 3. The summed E-state index contributed by atoms with van der Waals surface area (Å²) in [4.78, 5) is 10.6. The summed E-state index contributed by atoms with van der Waals surface area (Å²) in [7, 11) is 0. The molecule has 0 radical (unpaired) electrons. The van der Waals surface area contributed by atoms with Crippen LogP contribution >= 0.6 is 0 Å². The normalized spacial score (nSPS) is 43.4. The Morgan fingerprint density at radius 2 is 1.86 bits per heavy atom. The number of hydrogen-bond acceptors (Lipinski definition) is 6. The molecule has 5 atom stereocenters. The van der Waals surface area contributed by atoms with Crippen LogP contribution in [0.4, 0.5) is 0 Å². The molecule has 1 rings (SSSR count). The third-order valence-corrected chi connectivity index (χ3v) is 2.10. The van der Waals surface area contributed by atoms with Gasteiger partial charge in [0.15, 0.2) is 12.4 Å². The molecule has 1 saturated heterocycles. The van der Waals surface area contributed by atoms with E-state index in [4.69, 9.17) is 4.74 Å². The van der Waals surface area contributed by atoms with Gasteiger partial charge in [0.1, 0.15) is 12.2 Å². The van der Waals surface area contributed by atoms with Gasteiger partial charge in [-0.15, -0.1) is 0 Å². The van der Waals surface area contributed by atoms with E-state index in [1.54, 1.807) is 0 Å². The van der Waals surface area contributed by atoms with Gasteiger partial charge in [-0.05, 0) is 6.92 Å². The van der Waals surface area contributed by atoms with E-state index in [0.717, 1.165) is 6.92 Å². The molecular weight excluding hydrogens is 192 g/mol. The van der Waals surface area contributed by atoms with Crippen molar-refractivity contribution in [1.29, 1.82) is 0 Å². The summed E-state index contributed by atoms with van der Waals surface area (Å²) in [5, 5.41) is 28.1. The fraction of sp³-hybridized carbons (Fsp3) is 0.875. The topological polar surface area (TPSA) is 96.2 Å². The van der Waals surface area contributed by atoms with E-state index in [9.17, 15) is 20.1 Å². The standard InChI is InChI=1S/C8H14O6/c1-3-5(10)6(11)7(8(12)13-3)14-4(2)9/h3,5-8,10-12H,1-2H3/t3?,5-,6?,7-,8?/m0/s1. The minimum atomic E-state index is -1.41. The smallest absolute Gasteiger partial charge is 0.303 e. The van der Waals surface area contributed by atoms with Crippen LogP contribution < -0.4 is 0 Å². The van der Waals surface area contributed by atoms with E-state index in [-0.39, 0.29) is 0 Å². The first-order chi connectivity index (χ1) is 6.43. The Labute approximate surface area is 81.1 Å². The third-order valence-electron chi connectivity index (χ3n) is 2.10. The van der Waals surface area contributed by atoms with Crippen molar-refractivity contribution in [2.24, 2.45) is 0 Å². The minimum Gasteiger partial charge on any atom is -0.454 e. The summed E-state index contributed by atoms with van der Waals surface area (Å²) in [5.74, 6) is -0.654. The molecule has 82 valence electrons. The molecule has 0 aliphatic carbocycles. The van der Waals surface area contributed by atoms with Crippen molar-refractivity contribution in [3.8, 4) is 0 Å². The second-order valence-electron chi connectivity index (χ2n) is 3.29. The Balaban J connectivity index is 2.68. The van der Waals surface area contributed by atoms with Gasteiger partial charge in [-0.3, -0.25) is 4.79 Å². The molecule has 0 aromatic heterocycles. The molecule has 0 aromatic rings. The second-order valence-corrected chi connectivity index (χ2v) is 3.29. The van der Waals surface area contributed by atoms with Gasteiger partial charge in [0.2, 0.25) is 0 Å². The molecule has 0 bridgehead atoms. The molecule has 6 nitrogen and oxygen atoms in total. The van der Waals surface area contributed by atoms with Crippen LogP contribution in [-0.2, 0) is 14.3 Å². The zero-order valence-electron chi connectivity index (χ0n) is 7.95. The molecule has 14 heavy (non-hydrogen) atoms. The number of esters is 1. The summed E-state index contributed by atoms with van der Waals surface area (Å²) in [5.41, 5.74) is 0. The van der Waals surface area contributed by atoms with Gasteiger partial charge in [-0.2, -0.15) is 0 Å². The Morgan fingerprint density at radius 1 is 1.29 bits per heavy atom. The lowest BCUT2D eigenvalue weighted by Crippen LogP contribution is -2.57. The molecule has 1 fully saturated rings. The maximum Gasteiger partial charge on any atom is 0.303 e. The van der Waals surface area contributed by atoms with E-state index in [1.165, 1.54) is 6.92 Å². The highest BCUT2D eigenvalue weighted by atomic mass is 16.7. The zero-order chi connectivity index (χ0) is 10.9. The van der Waals surface area contributed by atoms with Gasteiger partial charge in [-0.1, -0.05) is 0 Å². The van der Waals surface area contributed by atoms with E-state index in [2.05, 4.69) is 4.74 Å². The zero-order valence-corrected chi connectivity index (χ0v) is 7.95. The van der Waals surface area contributed by atoms with Gasteiger partial charge < -0.3 is 24.8 Å². The van der Waals surface area contributed by atoms with Crippen LogP contribution in [0.25, 0.3) is 0 Å². The minimum absolute atomic E-state index is 0.654. The summed E-state index contributed by atoms with van der Waals surface area (Å²) in [6, 6.07) is 0. The SMILES string of the molecule is CC(=O)O[C@@H]1C(O)OC(C)[C@H](O)C1O. The van der Waals surface area contributed by atoms with Gasteiger partial charge >= 0.3 is 5.97 Å². The van der Waals surface area contributed by atoms with E-state index in [0.29, 0.717) is 0 Å². The van der Waals surface area contributed by atoms with Crippen molar-refractivity contribution in [3.05, 3.63) is 0 Å². The predicted octanol–water partition coefficient (Wildman–Crippen LogP) is -1.62. The molecular formula is C8H14O6. The molecule has 3 unspecified atom stereocenters. The lowest BCUT2D eigenvalue weighted by molar-refractivity contribution is -0.282. The maximum absolute atomic E-state index is 10.6. The molecule has 0 saturated carbocycles. The number of carbonyl (C=O) groups excluding carboxylic acids is 1. The van der Waals surface area contributed by atoms with Gasteiger partial charge in [-0.25, -0.2) is 0 Å². The summed E-state index contributed by atoms with van der Waals surface area (Å²) in [6.45, 7) is 2.64. The highest BCUT2D eigenvalue weighted by Gasteiger charge is 2.43.